The third-order valence-corrected chi connectivity index (χ3v) is 6.20. The van der Waals surface area contributed by atoms with Crippen molar-refractivity contribution in [2.24, 2.45) is 0 Å². The fraction of sp³-hybridized carbons (Fsp3) is 0.318. The molecule has 6 nitrogen and oxygen atoms in total. The van der Waals surface area contributed by atoms with Crippen molar-refractivity contribution in [2.75, 3.05) is 6.61 Å². The summed E-state index contributed by atoms with van der Waals surface area (Å²) in [6.07, 6.45) is -1.40. The molecule has 158 valence electrons. The Labute approximate surface area is 184 Å². The zero-order valence-electron chi connectivity index (χ0n) is 16.4. The maximum atomic E-state index is 12.6. The Hall–Kier alpha value is -2.35. The number of carbonyl (C=O) groups excluding carboxylic acids is 3. The number of nitrogens with one attached hydrogen (secondary N) is 1. The molecule has 0 radical (unpaired) electrons. The van der Waals surface area contributed by atoms with Crippen molar-refractivity contribution in [3.8, 4) is 0 Å². The predicted molar refractivity (Wildman–Crippen MR) is 115 cm³/mol. The first-order chi connectivity index (χ1) is 14.4. The van der Waals surface area contributed by atoms with E-state index in [-0.39, 0.29) is 24.1 Å². The SMILES string of the molecule is CC(=O)OC[C@H]1O[C@@H](NC(=O)c2ccccc2)C(=O)CC1SCc1ccc(Cl)cc1. The van der Waals surface area contributed by atoms with Crippen molar-refractivity contribution in [1.82, 2.24) is 5.32 Å². The number of carbonyl (C=O) groups is 3. The second-order valence-corrected chi connectivity index (χ2v) is 8.51. The molecule has 3 atom stereocenters. The van der Waals surface area contributed by atoms with Gasteiger partial charge in [0.05, 0.1) is 0 Å². The molecule has 0 aliphatic carbocycles. The summed E-state index contributed by atoms with van der Waals surface area (Å²) in [4.78, 5) is 36.3. The summed E-state index contributed by atoms with van der Waals surface area (Å²) < 4.78 is 11.0. The zero-order chi connectivity index (χ0) is 21.5. The molecule has 0 aromatic heterocycles. The van der Waals surface area contributed by atoms with Crippen molar-refractivity contribution < 1.29 is 23.9 Å². The lowest BCUT2D eigenvalue weighted by Crippen LogP contribution is -2.53. The number of ketones is 1. The van der Waals surface area contributed by atoms with E-state index < -0.39 is 24.2 Å². The van der Waals surface area contributed by atoms with Crippen LogP contribution in [0.25, 0.3) is 0 Å². The first-order valence-corrected chi connectivity index (χ1v) is 10.9. The molecule has 1 aliphatic rings. The largest absolute Gasteiger partial charge is 0.463 e. The molecule has 2 aromatic rings. The van der Waals surface area contributed by atoms with Crippen molar-refractivity contribution >= 4 is 41.0 Å². The minimum absolute atomic E-state index is 0.0125. The van der Waals surface area contributed by atoms with Crippen LogP contribution in [0.3, 0.4) is 0 Å². The average molecular weight is 448 g/mol. The van der Waals surface area contributed by atoms with Crippen LogP contribution >= 0.6 is 23.4 Å². The maximum Gasteiger partial charge on any atom is 0.302 e. The van der Waals surface area contributed by atoms with Gasteiger partial charge in [0, 0.05) is 34.9 Å². The summed E-state index contributed by atoms with van der Waals surface area (Å²) in [6, 6.07) is 16.1. The van der Waals surface area contributed by atoms with Crippen LogP contribution in [0.2, 0.25) is 5.02 Å². The molecular weight excluding hydrogens is 426 g/mol. The molecule has 0 bridgehead atoms. The van der Waals surface area contributed by atoms with Gasteiger partial charge in [0.25, 0.3) is 5.91 Å². The predicted octanol–water partition coefficient (Wildman–Crippen LogP) is 3.62. The molecule has 0 saturated carbocycles. The smallest absolute Gasteiger partial charge is 0.302 e. The summed E-state index contributed by atoms with van der Waals surface area (Å²) in [5, 5.41) is 3.07. The second kappa shape index (κ2) is 10.6. The third kappa shape index (κ3) is 6.32. The van der Waals surface area contributed by atoms with E-state index in [4.69, 9.17) is 21.1 Å². The molecule has 1 amide bonds. The topological polar surface area (TPSA) is 81.7 Å². The molecule has 1 N–H and O–H groups in total. The monoisotopic (exact) mass is 447 g/mol. The lowest BCUT2D eigenvalue weighted by atomic mass is 10.1. The molecule has 1 fully saturated rings. The van der Waals surface area contributed by atoms with Crippen LogP contribution in [0.4, 0.5) is 0 Å². The van der Waals surface area contributed by atoms with Crippen LogP contribution in [0, 0.1) is 0 Å². The molecule has 3 rings (SSSR count). The van der Waals surface area contributed by atoms with Gasteiger partial charge in [0.15, 0.2) is 12.0 Å². The number of esters is 1. The Balaban J connectivity index is 1.65. The quantitative estimate of drug-likeness (QED) is 0.653. The van der Waals surface area contributed by atoms with E-state index in [9.17, 15) is 14.4 Å². The number of hydrogen-bond donors (Lipinski definition) is 1. The lowest BCUT2D eigenvalue weighted by Gasteiger charge is -2.35. The number of halogens is 1. The van der Waals surface area contributed by atoms with Crippen molar-refractivity contribution in [1.29, 1.82) is 0 Å². The number of benzene rings is 2. The number of ether oxygens (including phenoxy) is 2. The fourth-order valence-electron chi connectivity index (χ4n) is 2.98. The Kier molecular flexibility index (Phi) is 7.90. The number of amides is 1. The highest BCUT2D eigenvalue weighted by Crippen LogP contribution is 2.30. The molecule has 8 heteroatoms. The maximum absolute atomic E-state index is 12.6. The van der Waals surface area contributed by atoms with Crippen LogP contribution in [-0.4, -0.2) is 41.8 Å². The summed E-state index contributed by atoms with van der Waals surface area (Å²) in [7, 11) is 0. The first-order valence-electron chi connectivity index (χ1n) is 9.46. The van der Waals surface area contributed by atoms with Crippen molar-refractivity contribution in [2.45, 2.75) is 36.7 Å². The van der Waals surface area contributed by atoms with Gasteiger partial charge in [-0.05, 0) is 29.8 Å². The molecule has 1 heterocycles. The van der Waals surface area contributed by atoms with Gasteiger partial charge < -0.3 is 14.8 Å². The Bertz CT molecular complexity index is 890. The fourth-order valence-corrected chi connectivity index (χ4v) is 4.34. The normalized spacial score (nSPS) is 21.1. The molecule has 1 unspecified atom stereocenters. The minimum Gasteiger partial charge on any atom is -0.463 e. The Morgan fingerprint density at radius 2 is 1.87 bits per heavy atom. The van der Waals surface area contributed by atoms with E-state index in [0.717, 1.165) is 5.56 Å². The van der Waals surface area contributed by atoms with E-state index in [0.29, 0.717) is 16.3 Å². The van der Waals surface area contributed by atoms with E-state index in [1.807, 2.05) is 24.3 Å². The summed E-state index contributed by atoms with van der Waals surface area (Å²) in [5.41, 5.74) is 1.49. The summed E-state index contributed by atoms with van der Waals surface area (Å²) in [5.74, 6) is -0.392. The van der Waals surface area contributed by atoms with E-state index in [2.05, 4.69) is 5.32 Å². The first kappa shape index (κ1) is 22.3. The van der Waals surface area contributed by atoms with Crippen molar-refractivity contribution in [3.63, 3.8) is 0 Å². The van der Waals surface area contributed by atoms with Gasteiger partial charge >= 0.3 is 5.97 Å². The van der Waals surface area contributed by atoms with E-state index in [1.165, 1.54) is 6.92 Å². The van der Waals surface area contributed by atoms with Crippen LogP contribution < -0.4 is 5.32 Å². The van der Waals surface area contributed by atoms with Gasteiger partial charge in [-0.15, -0.1) is 0 Å². The number of hydrogen-bond acceptors (Lipinski definition) is 6. The second-order valence-electron chi connectivity index (χ2n) is 6.84. The van der Waals surface area contributed by atoms with Crippen LogP contribution in [-0.2, 0) is 24.8 Å². The summed E-state index contributed by atoms with van der Waals surface area (Å²) in [6.45, 7) is 1.33. The molecule has 30 heavy (non-hydrogen) atoms. The van der Waals surface area contributed by atoms with Gasteiger partial charge in [0.2, 0.25) is 0 Å². The zero-order valence-corrected chi connectivity index (χ0v) is 17.9. The highest BCUT2D eigenvalue weighted by Gasteiger charge is 2.38. The Morgan fingerprint density at radius 1 is 1.17 bits per heavy atom. The standard InChI is InChI=1S/C22H22ClNO5S/c1-14(25)28-12-19-20(30-13-15-7-9-17(23)10-8-15)11-18(26)22(29-19)24-21(27)16-5-3-2-4-6-16/h2-10,19-20,22H,11-13H2,1H3,(H,24,27)/t19-,20?,22-/m1/s1. The minimum atomic E-state index is -1.08. The van der Waals surface area contributed by atoms with Gasteiger partial charge in [-0.1, -0.05) is 41.9 Å². The number of thioether (sulfide) groups is 1. The van der Waals surface area contributed by atoms with Gasteiger partial charge in [-0.2, -0.15) is 11.8 Å². The highest BCUT2D eigenvalue weighted by atomic mass is 35.5. The van der Waals surface area contributed by atoms with Gasteiger partial charge in [-0.3, -0.25) is 14.4 Å². The van der Waals surface area contributed by atoms with Crippen molar-refractivity contribution in [3.05, 3.63) is 70.7 Å². The number of rotatable bonds is 7. The molecule has 2 aromatic carbocycles. The number of Topliss-reactive ketones (excluding diaryl/α,β-unsaturated/α-hetero) is 1. The molecular formula is C22H22ClNO5S. The Morgan fingerprint density at radius 3 is 2.53 bits per heavy atom. The van der Waals surface area contributed by atoms with Crippen LogP contribution in [0.5, 0.6) is 0 Å². The molecule has 1 aliphatic heterocycles. The van der Waals surface area contributed by atoms with Gasteiger partial charge in [0.1, 0.15) is 12.7 Å². The lowest BCUT2D eigenvalue weighted by molar-refractivity contribution is -0.156. The van der Waals surface area contributed by atoms with Gasteiger partial charge in [-0.25, -0.2) is 0 Å². The summed E-state index contributed by atoms with van der Waals surface area (Å²) >= 11 is 7.47. The molecule has 0 spiro atoms. The molecule has 1 saturated heterocycles. The highest BCUT2D eigenvalue weighted by molar-refractivity contribution is 7.99. The van der Waals surface area contributed by atoms with E-state index >= 15 is 0 Å². The van der Waals surface area contributed by atoms with E-state index in [1.54, 1.807) is 42.1 Å². The van der Waals surface area contributed by atoms with Crippen LogP contribution in [0.15, 0.2) is 54.6 Å². The third-order valence-electron chi connectivity index (χ3n) is 4.55. The van der Waals surface area contributed by atoms with Crippen LogP contribution in [0.1, 0.15) is 29.3 Å². The average Bonchev–Trinajstić information content (AvgIpc) is 2.74.